The number of nitrogens with zero attached hydrogens (tertiary/aromatic N) is 1. The SMILES string of the molecule is CNC(C1=CCCCC1)C1(N2CCCCC2)CCCC1. The predicted molar refractivity (Wildman–Crippen MR) is 86.0 cm³/mol. The minimum Gasteiger partial charge on any atom is -0.312 e. The second-order valence-corrected chi connectivity index (χ2v) is 7.10. The van der Waals surface area contributed by atoms with Crippen LogP contribution in [0.15, 0.2) is 11.6 Å². The van der Waals surface area contributed by atoms with Crippen LogP contribution in [0.3, 0.4) is 0 Å². The van der Waals surface area contributed by atoms with Gasteiger partial charge in [-0.2, -0.15) is 0 Å². The molecule has 1 N–H and O–H groups in total. The summed E-state index contributed by atoms with van der Waals surface area (Å²) in [5.41, 5.74) is 2.17. The summed E-state index contributed by atoms with van der Waals surface area (Å²) >= 11 is 0. The van der Waals surface area contributed by atoms with Gasteiger partial charge >= 0.3 is 0 Å². The molecule has 0 aromatic heterocycles. The maximum Gasteiger partial charge on any atom is 0.0464 e. The van der Waals surface area contributed by atoms with Crippen molar-refractivity contribution in [3.63, 3.8) is 0 Å². The fourth-order valence-electron chi connectivity index (χ4n) is 5.04. The summed E-state index contributed by atoms with van der Waals surface area (Å²) in [5, 5.41) is 3.74. The van der Waals surface area contributed by atoms with Crippen molar-refractivity contribution in [3.8, 4) is 0 Å². The number of rotatable bonds is 4. The van der Waals surface area contributed by atoms with Gasteiger partial charge in [0.25, 0.3) is 0 Å². The maximum absolute atomic E-state index is 3.74. The lowest BCUT2D eigenvalue weighted by Crippen LogP contribution is -2.61. The molecule has 3 rings (SSSR count). The number of likely N-dealkylation sites (tertiary alicyclic amines) is 1. The van der Waals surface area contributed by atoms with Gasteiger partial charge in [-0.1, -0.05) is 30.9 Å². The van der Waals surface area contributed by atoms with Crippen molar-refractivity contribution in [1.29, 1.82) is 0 Å². The predicted octanol–water partition coefficient (Wildman–Crippen LogP) is 3.87. The van der Waals surface area contributed by atoms with E-state index in [1.54, 1.807) is 5.57 Å². The molecule has 2 aliphatic carbocycles. The zero-order valence-corrected chi connectivity index (χ0v) is 13.3. The molecule has 2 nitrogen and oxygen atoms in total. The molecule has 2 fully saturated rings. The van der Waals surface area contributed by atoms with Crippen LogP contribution >= 0.6 is 0 Å². The molecule has 1 heterocycles. The Balaban J connectivity index is 1.85. The quantitative estimate of drug-likeness (QED) is 0.784. The molecule has 0 aromatic rings. The summed E-state index contributed by atoms with van der Waals surface area (Å²) in [5.74, 6) is 0. The molecule has 2 heteroatoms. The average Bonchev–Trinajstić information content (AvgIpc) is 3.01. The lowest BCUT2D eigenvalue weighted by atomic mass is 9.77. The number of hydrogen-bond acceptors (Lipinski definition) is 2. The molecule has 0 spiro atoms. The van der Waals surface area contributed by atoms with Crippen LogP contribution in [0, 0.1) is 0 Å². The molecule has 20 heavy (non-hydrogen) atoms. The minimum atomic E-state index is 0.443. The maximum atomic E-state index is 3.74. The van der Waals surface area contributed by atoms with E-state index >= 15 is 0 Å². The Morgan fingerprint density at radius 1 is 1.00 bits per heavy atom. The summed E-state index contributed by atoms with van der Waals surface area (Å²) < 4.78 is 0. The second-order valence-electron chi connectivity index (χ2n) is 7.10. The Morgan fingerprint density at radius 3 is 2.35 bits per heavy atom. The van der Waals surface area contributed by atoms with Gasteiger partial charge in [0, 0.05) is 11.6 Å². The van der Waals surface area contributed by atoms with Gasteiger partial charge in [0.05, 0.1) is 0 Å². The first kappa shape index (κ1) is 14.6. The van der Waals surface area contributed by atoms with Crippen LogP contribution in [0.4, 0.5) is 0 Å². The molecule has 1 atom stereocenters. The summed E-state index contributed by atoms with van der Waals surface area (Å²) in [7, 11) is 2.20. The molecule has 0 radical (unpaired) electrons. The highest BCUT2D eigenvalue weighted by molar-refractivity contribution is 5.22. The highest BCUT2D eigenvalue weighted by Gasteiger charge is 2.46. The highest BCUT2D eigenvalue weighted by atomic mass is 15.2. The van der Waals surface area contributed by atoms with E-state index in [0.717, 1.165) is 0 Å². The van der Waals surface area contributed by atoms with E-state index in [1.165, 1.54) is 83.7 Å². The molecule has 0 aromatic carbocycles. The second kappa shape index (κ2) is 6.62. The third-order valence-corrected chi connectivity index (χ3v) is 5.98. The average molecular weight is 276 g/mol. The van der Waals surface area contributed by atoms with E-state index in [1.807, 2.05) is 0 Å². The van der Waals surface area contributed by atoms with Gasteiger partial charge in [0.15, 0.2) is 0 Å². The Hall–Kier alpha value is -0.340. The van der Waals surface area contributed by atoms with E-state index in [-0.39, 0.29) is 0 Å². The zero-order valence-electron chi connectivity index (χ0n) is 13.3. The van der Waals surface area contributed by atoms with Gasteiger partial charge in [-0.15, -0.1) is 0 Å². The van der Waals surface area contributed by atoms with Crippen molar-refractivity contribution in [3.05, 3.63) is 11.6 Å². The minimum absolute atomic E-state index is 0.443. The number of hydrogen-bond donors (Lipinski definition) is 1. The third kappa shape index (κ3) is 2.69. The highest BCUT2D eigenvalue weighted by Crippen LogP contribution is 2.43. The summed E-state index contributed by atoms with van der Waals surface area (Å²) in [4.78, 5) is 2.88. The summed E-state index contributed by atoms with van der Waals surface area (Å²) in [6, 6.07) is 0.614. The Bertz CT molecular complexity index is 335. The number of nitrogens with one attached hydrogen (secondary N) is 1. The standard InChI is InChI=1S/C18H32N2/c1-19-17(16-10-4-2-5-11-16)18(12-6-7-13-18)20-14-8-3-9-15-20/h10,17,19H,2-9,11-15H2,1H3. The van der Waals surface area contributed by atoms with Gasteiger partial charge in [-0.3, -0.25) is 4.90 Å². The summed E-state index contributed by atoms with van der Waals surface area (Å²) in [6.45, 7) is 2.68. The van der Waals surface area contributed by atoms with Crippen molar-refractivity contribution in [2.24, 2.45) is 0 Å². The zero-order chi connectivity index (χ0) is 13.8. The van der Waals surface area contributed by atoms with Crippen LogP contribution in [0.2, 0.25) is 0 Å². The first-order valence-corrected chi connectivity index (χ1v) is 8.98. The fourth-order valence-corrected chi connectivity index (χ4v) is 5.04. The van der Waals surface area contributed by atoms with Crippen molar-refractivity contribution in [2.45, 2.75) is 82.2 Å². The van der Waals surface area contributed by atoms with Crippen LogP contribution < -0.4 is 5.32 Å². The Morgan fingerprint density at radius 2 is 1.75 bits per heavy atom. The van der Waals surface area contributed by atoms with Gasteiger partial charge in [-0.05, 0) is 71.5 Å². The molecule has 1 saturated carbocycles. The Kier molecular flexibility index (Phi) is 4.83. The molecule has 1 aliphatic heterocycles. The molecule has 3 aliphatic rings. The molecule has 1 unspecified atom stereocenters. The molecule has 0 bridgehead atoms. The lowest BCUT2D eigenvalue weighted by molar-refractivity contribution is 0.0477. The Labute approximate surface area is 125 Å². The van der Waals surface area contributed by atoms with Gasteiger partial charge in [0.1, 0.15) is 0 Å². The normalized spacial score (nSPS) is 29.1. The van der Waals surface area contributed by atoms with E-state index < -0.39 is 0 Å². The van der Waals surface area contributed by atoms with Crippen LogP contribution in [0.25, 0.3) is 0 Å². The first-order chi connectivity index (χ1) is 9.87. The van der Waals surface area contributed by atoms with Crippen LogP contribution in [0.5, 0.6) is 0 Å². The van der Waals surface area contributed by atoms with Gasteiger partial charge in [-0.25, -0.2) is 0 Å². The number of piperidine rings is 1. The van der Waals surface area contributed by atoms with Gasteiger partial charge in [0.2, 0.25) is 0 Å². The largest absolute Gasteiger partial charge is 0.312 e. The molecular weight excluding hydrogens is 244 g/mol. The van der Waals surface area contributed by atoms with Crippen LogP contribution in [-0.4, -0.2) is 36.6 Å². The van der Waals surface area contributed by atoms with E-state index in [9.17, 15) is 0 Å². The van der Waals surface area contributed by atoms with E-state index in [0.29, 0.717) is 11.6 Å². The van der Waals surface area contributed by atoms with Crippen molar-refractivity contribution in [1.82, 2.24) is 10.2 Å². The van der Waals surface area contributed by atoms with Crippen molar-refractivity contribution >= 4 is 0 Å². The molecular formula is C18H32N2. The van der Waals surface area contributed by atoms with Crippen molar-refractivity contribution < 1.29 is 0 Å². The molecule has 114 valence electrons. The number of likely N-dealkylation sites (N-methyl/N-ethyl adjacent to an activating group) is 1. The van der Waals surface area contributed by atoms with Crippen molar-refractivity contribution in [2.75, 3.05) is 20.1 Å². The first-order valence-electron chi connectivity index (χ1n) is 8.98. The summed E-state index contributed by atoms with van der Waals surface area (Å²) in [6.07, 6.45) is 18.0. The lowest BCUT2D eigenvalue weighted by Gasteiger charge is -2.49. The number of allylic oxidation sites excluding steroid dienone is 1. The van der Waals surface area contributed by atoms with Crippen LogP contribution in [-0.2, 0) is 0 Å². The monoisotopic (exact) mass is 276 g/mol. The third-order valence-electron chi connectivity index (χ3n) is 5.98. The smallest absolute Gasteiger partial charge is 0.0464 e. The molecule has 1 saturated heterocycles. The fraction of sp³-hybridized carbons (Fsp3) is 0.889. The molecule has 0 amide bonds. The topological polar surface area (TPSA) is 15.3 Å². The van der Waals surface area contributed by atoms with Crippen LogP contribution in [0.1, 0.15) is 70.6 Å². The van der Waals surface area contributed by atoms with E-state index in [4.69, 9.17) is 0 Å². The van der Waals surface area contributed by atoms with Gasteiger partial charge < -0.3 is 5.32 Å². The van der Waals surface area contributed by atoms with E-state index in [2.05, 4.69) is 23.3 Å².